The Balaban J connectivity index is 2.08. The number of nitrogens with one attached hydrogen (secondary N) is 2. The summed E-state index contributed by atoms with van der Waals surface area (Å²) in [5.41, 5.74) is 0.362. The van der Waals surface area contributed by atoms with Crippen molar-refractivity contribution in [3.63, 3.8) is 0 Å². The van der Waals surface area contributed by atoms with Gasteiger partial charge in [0, 0.05) is 18.7 Å². The van der Waals surface area contributed by atoms with E-state index in [0.717, 1.165) is 13.0 Å². The lowest BCUT2D eigenvalue weighted by Crippen LogP contribution is -2.29. The lowest BCUT2D eigenvalue weighted by molar-refractivity contribution is 0.0937. The lowest BCUT2D eigenvalue weighted by Gasteiger charge is -2.14. The monoisotopic (exact) mass is 377 g/mol. The molecule has 1 amide bonds. The van der Waals surface area contributed by atoms with Crippen LogP contribution in [0.1, 0.15) is 42.5 Å². The van der Waals surface area contributed by atoms with Crippen molar-refractivity contribution in [3.05, 3.63) is 54.6 Å². The molecule has 26 heavy (non-hydrogen) atoms. The fourth-order valence-electron chi connectivity index (χ4n) is 2.37. The standard InChI is InChI=1S/C17H23N5O3S/c1-4-10-20-26(24,25)15-8-6-14(7-9-15)17(23)21-13(3)16-18-12-19-22(16)11-5-2/h4,6-9,12-13,20H,1,5,10-11H2,2-3H3,(H,21,23). The van der Waals surface area contributed by atoms with E-state index in [0.29, 0.717) is 11.4 Å². The van der Waals surface area contributed by atoms with Gasteiger partial charge < -0.3 is 5.32 Å². The molecule has 1 heterocycles. The molecule has 0 saturated carbocycles. The molecule has 2 rings (SSSR count). The maximum Gasteiger partial charge on any atom is 0.251 e. The first-order valence-corrected chi connectivity index (χ1v) is 9.76. The highest BCUT2D eigenvalue weighted by Crippen LogP contribution is 2.13. The van der Waals surface area contributed by atoms with E-state index in [4.69, 9.17) is 0 Å². The number of amides is 1. The molecule has 0 aliphatic heterocycles. The summed E-state index contributed by atoms with van der Waals surface area (Å²) in [7, 11) is -3.61. The summed E-state index contributed by atoms with van der Waals surface area (Å²) < 4.78 is 28.2. The van der Waals surface area contributed by atoms with Gasteiger partial charge in [-0.15, -0.1) is 6.58 Å². The van der Waals surface area contributed by atoms with E-state index in [9.17, 15) is 13.2 Å². The molecule has 0 aliphatic rings. The van der Waals surface area contributed by atoms with E-state index < -0.39 is 10.0 Å². The molecule has 1 unspecified atom stereocenters. The smallest absolute Gasteiger partial charge is 0.251 e. The van der Waals surface area contributed by atoms with Gasteiger partial charge in [-0.25, -0.2) is 22.8 Å². The number of hydrogen-bond acceptors (Lipinski definition) is 5. The number of nitrogens with zero attached hydrogens (tertiary/aromatic N) is 3. The van der Waals surface area contributed by atoms with Gasteiger partial charge in [-0.05, 0) is 37.6 Å². The molecule has 9 heteroatoms. The Kier molecular flexibility index (Phi) is 6.64. The maximum atomic E-state index is 12.4. The Bertz CT molecular complexity index is 859. The van der Waals surface area contributed by atoms with Crippen molar-refractivity contribution < 1.29 is 13.2 Å². The normalized spacial score (nSPS) is 12.5. The topological polar surface area (TPSA) is 106 Å². The van der Waals surface area contributed by atoms with Crippen LogP contribution in [0.15, 0.2) is 48.1 Å². The average molecular weight is 377 g/mol. The molecular weight excluding hydrogens is 354 g/mol. The van der Waals surface area contributed by atoms with E-state index in [2.05, 4.69) is 26.7 Å². The van der Waals surface area contributed by atoms with Crippen molar-refractivity contribution in [2.75, 3.05) is 6.54 Å². The summed E-state index contributed by atoms with van der Waals surface area (Å²) >= 11 is 0. The number of carbonyl (C=O) groups is 1. The first-order chi connectivity index (χ1) is 12.4. The zero-order chi connectivity index (χ0) is 19.2. The zero-order valence-corrected chi connectivity index (χ0v) is 15.7. The lowest BCUT2D eigenvalue weighted by atomic mass is 10.2. The number of hydrogen-bond donors (Lipinski definition) is 2. The molecule has 1 atom stereocenters. The van der Waals surface area contributed by atoms with Crippen molar-refractivity contribution in [1.82, 2.24) is 24.8 Å². The predicted octanol–water partition coefficient (Wildman–Crippen LogP) is 1.64. The summed E-state index contributed by atoms with van der Waals surface area (Å²) in [5, 5.41) is 6.99. The number of carbonyl (C=O) groups excluding carboxylic acids is 1. The molecule has 0 aliphatic carbocycles. The van der Waals surface area contributed by atoms with E-state index in [-0.39, 0.29) is 23.4 Å². The van der Waals surface area contributed by atoms with Gasteiger partial charge in [-0.2, -0.15) is 5.10 Å². The predicted molar refractivity (Wildman–Crippen MR) is 98.0 cm³/mol. The average Bonchev–Trinajstić information content (AvgIpc) is 3.09. The van der Waals surface area contributed by atoms with Gasteiger partial charge >= 0.3 is 0 Å². The van der Waals surface area contributed by atoms with Crippen LogP contribution in [0.2, 0.25) is 0 Å². The molecule has 1 aromatic carbocycles. The van der Waals surface area contributed by atoms with Gasteiger partial charge in [-0.3, -0.25) is 4.79 Å². The molecule has 2 aromatic rings. The number of aryl methyl sites for hydroxylation is 1. The number of sulfonamides is 1. The minimum atomic E-state index is -3.61. The second kappa shape index (κ2) is 8.72. The number of aromatic nitrogens is 3. The molecule has 0 radical (unpaired) electrons. The van der Waals surface area contributed by atoms with Crippen LogP contribution in [0, 0.1) is 0 Å². The van der Waals surface area contributed by atoms with Gasteiger partial charge in [-0.1, -0.05) is 13.0 Å². The van der Waals surface area contributed by atoms with Gasteiger partial charge in [0.2, 0.25) is 10.0 Å². The van der Waals surface area contributed by atoms with Crippen molar-refractivity contribution in [3.8, 4) is 0 Å². The van der Waals surface area contributed by atoms with Crippen LogP contribution in [0.4, 0.5) is 0 Å². The fraction of sp³-hybridized carbons (Fsp3) is 0.353. The minimum absolute atomic E-state index is 0.0895. The highest BCUT2D eigenvalue weighted by Gasteiger charge is 2.18. The second-order valence-electron chi connectivity index (χ2n) is 5.70. The van der Waals surface area contributed by atoms with Crippen molar-refractivity contribution in [2.24, 2.45) is 0 Å². The molecule has 0 spiro atoms. The summed E-state index contributed by atoms with van der Waals surface area (Å²) in [5.74, 6) is 0.361. The SMILES string of the molecule is C=CCNS(=O)(=O)c1ccc(C(=O)NC(C)c2ncnn2CCC)cc1. The van der Waals surface area contributed by atoms with Crippen molar-refractivity contribution in [1.29, 1.82) is 0 Å². The van der Waals surface area contributed by atoms with Gasteiger partial charge in [0.25, 0.3) is 5.91 Å². The first kappa shape index (κ1) is 19.8. The fourth-order valence-corrected chi connectivity index (χ4v) is 3.37. The molecule has 140 valence electrons. The molecular formula is C17H23N5O3S. The Morgan fingerprint density at radius 3 is 2.65 bits per heavy atom. The molecule has 0 fully saturated rings. The minimum Gasteiger partial charge on any atom is -0.342 e. The zero-order valence-electron chi connectivity index (χ0n) is 14.8. The van der Waals surface area contributed by atoms with Crippen molar-refractivity contribution in [2.45, 2.75) is 37.8 Å². The second-order valence-corrected chi connectivity index (χ2v) is 7.47. The van der Waals surface area contributed by atoms with E-state index in [1.165, 1.54) is 36.7 Å². The third-order valence-electron chi connectivity index (χ3n) is 3.66. The van der Waals surface area contributed by atoms with Gasteiger partial charge in [0.15, 0.2) is 0 Å². The van der Waals surface area contributed by atoms with Crippen LogP contribution in [-0.4, -0.2) is 35.6 Å². The maximum absolute atomic E-state index is 12.4. The summed E-state index contributed by atoms with van der Waals surface area (Å²) in [6.45, 7) is 8.19. The van der Waals surface area contributed by atoms with Crippen LogP contribution in [-0.2, 0) is 16.6 Å². The summed E-state index contributed by atoms with van der Waals surface area (Å²) in [6.07, 6.45) is 3.83. The molecule has 1 aromatic heterocycles. The van der Waals surface area contributed by atoms with Crippen LogP contribution in [0.3, 0.4) is 0 Å². The summed E-state index contributed by atoms with van der Waals surface area (Å²) in [4.78, 5) is 16.7. The Hall–Kier alpha value is -2.52. The Morgan fingerprint density at radius 1 is 1.35 bits per heavy atom. The van der Waals surface area contributed by atoms with Crippen LogP contribution >= 0.6 is 0 Å². The largest absolute Gasteiger partial charge is 0.342 e. The molecule has 2 N–H and O–H groups in total. The van der Waals surface area contributed by atoms with Crippen LogP contribution < -0.4 is 10.0 Å². The molecule has 0 saturated heterocycles. The Labute approximate surface area is 153 Å². The first-order valence-electron chi connectivity index (χ1n) is 8.28. The van der Waals surface area contributed by atoms with E-state index in [1.54, 1.807) is 4.68 Å². The van der Waals surface area contributed by atoms with E-state index in [1.807, 2.05) is 13.8 Å². The third kappa shape index (κ3) is 4.77. The Morgan fingerprint density at radius 2 is 2.04 bits per heavy atom. The molecule has 8 nitrogen and oxygen atoms in total. The quantitative estimate of drug-likeness (QED) is 0.646. The van der Waals surface area contributed by atoms with Gasteiger partial charge in [0.05, 0.1) is 10.9 Å². The summed E-state index contributed by atoms with van der Waals surface area (Å²) in [6, 6.07) is 5.41. The number of rotatable bonds is 9. The van der Waals surface area contributed by atoms with Crippen LogP contribution in [0.5, 0.6) is 0 Å². The van der Waals surface area contributed by atoms with Crippen LogP contribution in [0.25, 0.3) is 0 Å². The van der Waals surface area contributed by atoms with E-state index >= 15 is 0 Å². The highest BCUT2D eigenvalue weighted by molar-refractivity contribution is 7.89. The highest BCUT2D eigenvalue weighted by atomic mass is 32.2. The number of benzene rings is 1. The van der Waals surface area contributed by atoms with Crippen molar-refractivity contribution >= 4 is 15.9 Å². The molecule has 0 bridgehead atoms. The third-order valence-corrected chi connectivity index (χ3v) is 5.10. The van der Waals surface area contributed by atoms with Gasteiger partial charge in [0.1, 0.15) is 12.2 Å².